The molecule has 0 aliphatic carbocycles. The van der Waals surface area contributed by atoms with Crippen LogP contribution < -0.4 is 5.32 Å². The summed E-state index contributed by atoms with van der Waals surface area (Å²) in [4.78, 5) is 17.6. The summed E-state index contributed by atoms with van der Waals surface area (Å²) in [6, 6.07) is 29.9. The normalized spacial score (nSPS) is 11.1. The number of aromatic nitrogens is 3. The van der Waals surface area contributed by atoms with Crippen LogP contribution in [0.2, 0.25) is 0 Å². The summed E-state index contributed by atoms with van der Waals surface area (Å²) < 4.78 is 7.62. The molecule has 0 saturated carbocycles. The molecule has 0 aliphatic heterocycles. The zero-order valence-corrected chi connectivity index (χ0v) is 20.3. The van der Waals surface area contributed by atoms with E-state index in [4.69, 9.17) is 9.40 Å². The third-order valence-electron chi connectivity index (χ3n) is 5.88. The molecule has 0 fully saturated rings. The molecule has 6 aromatic rings. The second-order valence-electron chi connectivity index (χ2n) is 8.53. The second-order valence-corrected chi connectivity index (χ2v) is 9.37. The highest BCUT2D eigenvalue weighted by Gasteiger charge is 2.16. The third kappa shape index (κ3) is 4.44. The quantitative estimate of drug-likeness (QED) is 0.276. The van der Waals surface area contributed by atoms with E-state index in [0.29, 0.717) is 16.7 Å². The van der Waals surface area contributed by atoms with E-state index in [1.54, 1.807) is 4.68 Å². The first-order valence-corrected chi connectivity index (χ1v) is 12.5. The van der Waals surface area contributed by atoms with Gasteiger partial charge >= 0.3 is 0 Å². The van der Waals surface area contributed by atoms with Crippen molar-refractivity contribution in [3.63, 3.8) is 0 Å². The maximum Gasteiger partial charge on any atom is 0.229 e. The number of nitrogens with zero attached hydrogens (tertiary/aromatic N) is 3. The van der Waals surface area contributed by atoms with Crippen molar-refractivity contribution < 1.29 is 9.21 Å². The van der Waals surface area contributed by atoms with Gasteiger partial charge in [0.1, 0.15) is 17.1 Å². The molecule has 1 N–H and O–H groups in total. The van der Waals surface area contributed by atoms with Crippen molar-refractivity contribution in [3.05, 3.63) is 108 Å². The summed E-state index contributed by atoms with van der Waals surface area (Å²) in [5.41, 5.74) is 5.56. The Morgan fingerprint density at radius 3 is 2.50 bits per heavy atom. The number of furan rings is 1. The zero-order chi connectivity index (χ0) is 24.5. The highest BCUT2D eigenvalue weighted by atomic mass is 32.1. The van der Waals surface area contributed by atoms with Gasteiger partial charge in [0.05, 0.1) is 12.1 Å². The van der Waals surface area contributed by atoms with Crippen molar-refractivity contribution in [1.29, 1.82) is 0 Å². The number of benzene rings is 3. The monoisotopic (exact) mass is 490 g/mol. The second kappa shape index (κ2) is 9.28. The number of anilines is 1. The van der Waals surface area contributed by atoms with Crippen LogP contribution in [0.3, 0.4) is 0 Å². The summed E-state index contributed by atoms with van der Waals surface area (Å²) in [5, 5.41) is 11.2. The van der Waals surface area contributed by atoms with Gasteiger partial charge in [-0.3, -0.25) is 4.79 Å². The lowest BCUT2D eigenvalue weighted by Gasteiger charge is -2.07. The number of carbonyl (C=O) groups excluding carboxylic acids is 1. The first-order valence-electron chi connectivity index (χ1n) is 11.6. The number of amides is 1. The number of thiazole rings is 1. The number of carbonyl (C=O) groups is 1. The number of hydrogen-bond donors (Lipinski definition) is 1. The Hall–Kier alpha value is -4.49. The Kier molecular flexibility index (Phi) is 5.67. The van der Waals surface area contributed by atoms with Gasteiger partial charge in [-0.25, -0.2) is 4.98 Å². The molecule has 0 unspecified atom stereocenters. The number of nitrogens with one attached hydrogen (secondary N) is 1. The smallest absolute Gasteiger partial charge is 0.229 e. The molecule has 3 aromatic carbocycles. The summed E-state index contributed by atoms with van der Waals surface area (Å²) in [6.45, 7) is 1.89. The van der Waals surface area contributed by atoms with Gasteiger partial charge in [-0.1, -0.05) is 72.8 Å². The summed E-state index contributed by atoms with van der Waals surface area (Å²) in [5.74, 6) is 1.17. The van der Waals surface area contributed by atoms with E-state index in [1.807, 2.05) is 91.2 Å². The molecule has 36 heavy (non-hydrogen) atoms. The highest BCUT2D eigenvalue weighted by Crippen LogP contribution is 2.30. The van der Waals surface area contributed by atoms with Gasteiger partial charge in [-0.15, -0.1) is 11.3 Å². The van der Waals surface area contributed by atoms with Crippen LogP contribution in [-0.2, 0) is 11.2 Å². The Bertz CT molecular complexity index is 1630. The summed E-state index contributed by atoms with van der Waals surface area (Å²) >= 11 is 1.44. The van der Waals surface area contributed by atoms with Gasteiger partial charge in [0.2, 0.25) is 11.0 Å². The molecular formula is C29H22N4O2S. The molecule has 0 bridgehead atoms. The van der Waals surface area contributed by atoms with Crippen molar-refractivity contribution in [2.45, 2.75) is 13.3 Å². The van der Waals surface area contributed by atoms with E-state index < -0.39 is 0 Å². The fraction of sp³-hybridized carbons (Fsp3) is 0.0690. The third-order valence-corrected chi connectivity index (χ3v) is 6.69. The molecule has 3 aromatic heterocycles. The topological polar surface area (TPSA) is 73.0 Å². The Balaban J connectivity index is 1.19. The van der Waals surface area contributed by atoms with Gasteiger partial charge in [0.25, 0.3) is 0 Å². The first kappa shape index (κ1) is 22.0. The first-order chi connectivity index (χ1) is 17.6. The Morgan fingerprint density at radius 1 is 0.944 bits per heavy atom. The Morgan fingerprint density at radius 2 is 1.69 bits per heavy atom. The minimum atomic E-state index is -0.113. The minimum absolute atomic E-state index is 0.113. The van der Waals surface area contributed by atoms with Crippen molar-refractivity contribution in [2.24, 2.45) is 0 Å². The summed E-state index contributed by atoms with van der Waals surface area (Å²) in [6.07, 6.45) is 0.265. The SMILES string of the molecule is Cc1cc(NC(=O)Cc2ccc(-c3ccccc3)cc2)n(-c2nc(-c3cc4ccccc4o3)cs2)n1. The lowest BCUT2D eigenvalue weighted by molar-refractivity contribution is -0.115. The van der Waals surface area contributed by atoms with Crippen LogP contribution in [-0.4, -0.2) is 20.7 Å². The van der Waals surface area contributed by atoms with Crippen LogP contribution in [0.25, 0.3) is 38.7 Å². The van der Waals surface area contributed by atoms with Crippen LogP contribution in [0.1, 0.15) is 11.3 Å². The van der Waals surface area contributed by atoms with Crippen molar-refractivity contribution in [1.82, 2.24) is 14.8 Å². The van der Waals surface area contributed by atoms with Crippen LogP contribution in [0.4, 0.5) is 5.82 Å². The lowest BCUT2D eigenvalue weighted by atomic mass is 10.0. The zero-order valence-electron chi connectivity index (χ0n) is 19.5. The molecule has 0 atom stereocenters. The number of aryl methyl sites for hydroxylation is 1. The van der Waals surface area contributed by atoms with Gasteiger partial charge in [0.15, 0.2) is 5.76 Å². The van der Waals surface area contributed by atoms with Crippen LogP contribution >= 0.6 is 11.3 Å². The van der Waals surface area contributed by atoms with E-state index in [1.165, 1.54) is 11.3 Å². The van der Waals surface area contributed by atoms with E-state index in [0.717, 1.165) is 39.0 Å². The molecular weight excluding hydrogens is 468 g/mol. The van der Waals surface area contributed by atoms with Crippen molar-refractivity contribution in [3.8, 4) is 27.7 Å². The van der Waals surface area contributed by atoms with E-state index in [9.17, 15) is 4.79 Å². The number of hydrogen-bond acceptors (Lipinski definition) is 5. The lowest BCUT2D eigenvalue weighted by Crippen LogP contribution is -2.17. The standard InChI is InChI=1S/C29H22N4O2S/c1-19-15-27(31-28(34)16-20-11-13-22(14-12-20)21-7-3-2-4-8-21)33(32-19)29-30-24(18-36-29)26-17-23-9-5-6-10-25(23)35-26/h2-15,17-18H,16H2,1H3,(H,31,34). The average Bonchev–Trinajstić information content (AvgIpc) is 3.63. The van der Waals surface area contributed by atoms with E-state index in [2.05, 4.69) is 22.5 Å². The van der Waals surface area contributed by atoms with Gasteiger partial charge in [0, 0.05) is 16.8 Å². The molecule has 6 nitrogen and oxygen atoms in total. The molecule has 176 valence electrons. The maximum atomic E-state index is 12.9. The van der Waals surface area contributed by atoms with Gasteiger partial charge < -0.3 is 9.73 Å². The molecule has 0 aliphatic rings. The van der Waals surface area contributed by atoms with Crippen LogP contribution in [0.15, 0.2) is 101 Å². The average molecular weight is 491 g/mol. The largest absolute Gasteiger partial charge is 0.454 e. The molecule has 1 amide bonds. The molecule has 0 saturated heterocycles. The minimum Gasteiger partial charge on any atom is -0.454 e. The highest BCUT2D eigenvalue weighted by molar-refractivity contribution is 7.12. The molecule has 3 heterocycles. The van der Waals surface area contributed by atoms with E-state index in [-0.39, 0.29) is 12.3 Å². The van der Waals surface area contributed by atoms with Gasteiger partial charge in [-0.2, -0.15) is 9.78 Å². The number of fused-ring (bicyclic) bond motifs is 1. The van der Waals surface area contributed by atoms with Crippen molar-refractivity contribution >= 4 is 34.0 Å². The van der Waals surface area contributed by atoms with Crippen molar-refractivity contribution in [2.75, 3.05) is 5.32 Å². The number of para-hydroxylation sites is 1. The fourth-order valence-corrected chi connectivity index (χ4v) is 4.91. The maximum absolute atomic E-state index is 12.9. The Labute approximate surface area is 211 Å². The number of rotatable bonds is 6. The molecule has 7 heteroatoms. The summed E-state index contributed by atoms with van der Waals surface area (Å²) in [7, 11) is 0. The molecule has 0 radical (unpaired) electrons. The van der Waals surface area contributed by atoms with Crippen LogP contribution in [0, 0.1) is 6.92 Å². The predicted octanol–water partition coefficient (Wildman–Crippen LogP) is 6.90. The fourth-order valence-electron chi connectivity index (χ4n) is 4.14. The molecule has 0 spiro atoms. The van der Waals surface area contributed by atoms with Crippen LogP contribution in [0.5, 0.6) is 0 Å². The van der Waals surface area contributed by atoms with Gasteiger partial charge in [-0.05, 0) is 35.7 Å². The van der Waals surface area contributed by atoms with E-state index >= 15 is 0 Å². The predicted molar refractivity (Wildman–Crippen MR) is 143 cm³/mol. The molecule has 6 rings (SSSR count).